The smallest absolute Gasteiger partial charge is 0.295 e. The van der Waals surface area contributed by atoms with Crippen LogP contribution in [0, 0.1) is 17.0 Å². The van der Waals surface area contributed by atoms with E-state index in [0.717, 1.165) is 10.5 Å². The maximum absolute atomic E-state index is 12.1. The number of halogens is 2. The van der Waals surface area contributed by atoms with Crippen molar-refractivity contribution in [1.29, 1.82) is 0 Å². The van der Waals surface area contributed by atoms with Crippen molar-refractivity contribution in [2.45, 2.75) is 11.8 Å². The first-order valence-electron chi connectivity index (χ1n) is 6.50. The summed E-state index contributed by atoms with van der Waals surface area (Å²) in [6.45, 7) is 1.97. The summed E-state index contributed by atoms with van der Waals surface area (Å²) in [6.07, 6.45) is 0. The van der Waals surface area contributed by atoms with Gasteiger partial charge in [0.15, 0.2) is 0 Å². The van der Waals surface area contributed by atoms with Gasteiger partial charge in [-0.15, -0.1) is 11.8 Å². The summed E-state index contributed by atoms with van der Waals surface area (Å²) >= 11 is 7.84. The van der Waals surface area contributed by atoms with Crippen LogP contribution in [0.3, 0.4) is 0 Å². The van der Waals surface area contributed by atoms with Gasteiger partial charge in [-0.05, 0) is 40.5 Å². The van der Waals surface area contributed by atoms with Crippen LogP contribution in [0.2, 0.25) is 0 Å². The molecule has 2 aromatic carbocycles. The summed E-state index contributed by atoms with van der Waals surface area (Å²) < 4.78 is 1.01. The molecule has 0 radical (unpaired) electrons. The summed E-state index contributed by atoms with van der Waals surface area (Å²) in [6, 6.07) is 10.7. The van der Waals surface area contributed by atoms with Crippen molar-refractivity contribution in [3.63, 3.8) is 0 Å². The van der Waals surface area contributed by atoms with E-state index >= 15 is 0 Å². The van der Waals surface area contributed by atoms with Crippen molar-refractivity contribution in [1.82, 2.24) is 0 Å². The second kappa shape index (κ2) is 7.94. The summed E-state index contributed by atoms with van der Waals surface area (Å²) in [5.41, 5.74) is 1.08. The number of hydrogen-bond donors (Lipinski definition) is 1. The van der Waals surface area contributed by atoms with E-state index in [9.17, 15) is 14.9 Å². The fourth-order valence-corrected chi connectivity index (χ4v) is 4.00. The van der Waals surface area contributed by atoms with Gasteiger partial charge in [-0.2, -0.15) is 0 Å². The first kappa shape index (κ1) is 18.0. The molecule has 0 unspecified atom stereocenters. The molecule has 0 fully saturated rings. The third-order valence-corrected chi connectivity index (χ3v) is 5.21. The second-order valence-electron chi connectivity index (χ2n) is 4.64. The molecule has 0 aliphatic carbocycles. The van der Waals surface area contributed by atoms with E-state index in [-0.39, 0.29) is 23.0 Å². The van der Waals surface area contributed by atoms with Crippen molar-refractivity contribution in [2.75, 3.05) is 11.1 Å². The van der Waals surface area contributed by atoms with Crippen LogP contribution < -0.4 is 5.32 Å². The van der Waals surface area contributed by atoms with E-state index in [0.29, 0.717) is 8.95 Å². The highest BCUT2D eigenvalue weighted by molar-refractivity contribution is 9.11. The molecule has 0 saturated heterocycles. The lowest BCUT2D eigenvalue weighted by Crippen LogP contribution is -2.15. The Balaban J connectivity index is 2.12. The number of nitrogens with zero attached hydrogens (tertiary/aromatic N) is 1. The summed E-state index contributed by atoms with van der Waals surface area (Å²) in [4.78, 5) is 23.7. The van der Waals surface area contributed by atoms with Crippen LogP contribution in [-0.2, 0) is 4.79 Å². The Labute approximate surface area is 154 Å². The molecule has 0 heterocycles. The van der Waals surface area contributed by atoms with Crippen molar-refractivity contribution < 1.29 is 9.72 Å². The number of benzene rings is 2. The number of rotatable bonds is 5. The number of carbonyl (C=O) groups excluding carboxylic acids is 1. The molecule has 5 nitrogen and oxygen atoms in total. The van der Waals surface area contributed by atoms with Gasteiger partial charge >= 0.3 is 0 Å². The quantitative estimate of drug-likeness (QED) is 0.380. The molecule has 2 aromatic rings. The molecular weight excluding hydrogens is 448 g/mol. The van der Waals surface area contributed by atoms with Crippen molar-refractivity contribution in [3.8, 4) is 0 Å². The van der Waals surface area contributed by atoms with Gasteiger partial charge in [-0.3, -0.25) is 14.9 Å². The first-order valence-corrected chi connectivity index (χ1v) is 9.07. The molecule has 1 amide bonds. The number of nitro benzene ring substituents is 1. The number of hydrogen-bond acceptors (Lipinski definition) is 4. The van der Waals surface area contributed by atoms with E-state index in [4.69, 9.17) is 0 Å². The van der Waals surface area contributed by atoms with Gasteiger partial charge in [0.1, 0.15) is 5.69 Å². The number of anilines is 1. The molecular formula is C15H12Br2N2O3S. The molecule has 0 aromatic heterocycles. The van der Waals surface area contributed by atoms with Gasteiger partial charge in [0, 0.05) is 19.9 Å². The van der Waals surface area contributed by atoms with E-state index in [1.807, 2.05) is 31.2 Å². The van der Waals surface area contributed by atoms with Crippen LogP contribution in [0.5, 0.6) is 0 Å². The Bertz CT molecular complexity index is 768. The molecule has 23 heavy (non-hydrogen) atoms. The van der Waals surface area contributed by atoms with Gasteiger partial charge in [0.25, 0.3) is 5.69 Å². The van der Waals surface area contributed by atoms with Gasteiger partial charge in [0.05, 0.1) is 10.7 Å². The number of aryl methyl sites for hydroxylation is 1. The fourth-order valence-electron chi connectivity index (χ4n) is 1.86. The number of carbonyl (C=O) groups is 1. The van der Waals surface area contributed by atoms with E-state index in [2.05, 4.69) is 37.2 Å². The Morgan fingerprint density at radius 2 is 2.00 bits per heavy atom. The predicted octanol–water partition coefficient (Wildman–Crippen LogP) is 5.16. The zero-order valence-corrected chi connectivity index (χ0v) is 16.0. The zero-order chi connectivity index (χ0) is 17.0. The Hall–Kier alpha value is -1.38. The van der Waals surface area contributed by atoms with Crippen LogP contribution >= 0.6 is 43.6 Å². The monoisotopic (exact) mass is 458 g/mol. The van der Waals surface area contributed by atoms with Crippen molar-refractivity contribution in [3.05, 3.63) is 61.0 Å². The first-order chi connectivity index (χ1) is 10.9. The number of nitrogens with one attached hydrogen (secondary N) is 1. The van der Waals surface area contributed by atoms with Crippen LogP contribution in [0.1, 0.15) is 5.56 Å². The minimum absolute atomic E-state index is 0.161. The van der Waals surface area contributed by atoms with Crippen LogP contribution in [0.4, 0.5) is 11.4 Å². The van der Waals surface area contributed by atoms with Crippen LogP contribution in [0.25, 0.3) is 0 Å². The minimum atomic E-state index is -0.528. The molecule has 120 valence electrons. The van der Waals surface area contributed by atoms with Gasteiger partial charge in [0.2, 0.25) is 5.91 Å². The molecule has 0 spiro atoms. The van der Waals surface area contributed by atoms with Crippen LogP contribution in [-0.4, -0.2) is 16.6 Å². The van der Waals surface area contributed by atoms with E-state index in [1.165, 1.54) is 17.8 Å². The van der Waals surface area contributed by atoms with Gasteiger partial charge in [-0.1, -0.05) is 34.1 Å². The van der Waals surface area contributed by atoms with E-state index < -0.39 is 4.92 Å². The normalized spacial score (nSPS) is 10.4. The highest BCUT2D eigenvalue weighted by Gasteiger charge is 2.20. The maximum Gasteiger partial charge on any atom is 0.295 e. The molecule has 1 N–H and O–H groups in total. The summed E-state index contributed by atoms with van der Waals surface area (Å²) in [5, 5.41) is 13.7. The summed E-state index contributed by atoms with van der Waals surface area (Å²) in [5.74, 6) is -0.130. The molecule has 0 aliphatic rings. The predicted molar refractivity (Wildman–Crippen MR) is 99.0 cm³/mol. The molecule has 0 aliphatic heterocycles. The number of nitro groups is 1. The number of amides is 1. The van der Waals surface area contributed by atoms with Crippen LogP contribution in [0.15, 0.2) is 50.2 Å². The zero-order valence-electron chi connectivity index (χ0n) is 12.0. The SMILES string of the molecule is Cc1ccccc1SCC(=O)Nc1c(Br)cc(Br)cc1[N+](=O)[O-]. The highest BCUT2D eigenvalue weighted by Crippen LogP contribution is 2.36. The Morgan fingerprint density at radius 1 is 1.30 bits per heavy atom. The third kappa shape index (κ3) is 4.79. The average molecular weight is 460 g/mol. The Morgan fingerprint density at radius 3 is 2.65 bits per heavy atom. The number of thioether (sulfide) groups is 1. The minimum Gasteiger partial charge on any atom is -0.319 e. The summed E-state index contributed by atoms with van der Waals surface area (Å²) in [7, 11) is 0. The topological polar surface area (TPSA) is 72.2 Å². The molecule has 0 atom stereocenters. The molecule has 2 rings (SSSR count). The maximum atomic E-state index is 12.1. The molecule has 0 saturated carbocycles. The second-order valence-corrected chi connectivity index (χ2v) is 7.43. The molecule has 8 heteroatoms. The van der Waals surface area contributed by atoms with E-state index in [1.54, 1.807) is 6.07 Å². The average Bonchev–Trinajstić information content (AvgIpc) is 2.48. The highest BCUT2D eigenvalue weighted by atomic mass is 79.9. The lowest BCUT2D eigenvalue weighted by Gasteiger charge is -2.09. The Kier molecular flexibility index (Phi) is 6.20. The third-order valence-electron chi connectivity index (χ3n) is 2.95. The van der Waals surface area contributed by atoms with Crippen molar-refractivity contribution in [2.24, 2.45) is 0 Å². The lowest BCUT2D eigenvalue weighted by atomic mass is 10.2. The van der Waals surface area contributed by atoms with Crippen molar-refractivity contribution >= 4 is 60.9 Å². The lowest BCUT2D eigenvalue weighted by molar-refractivity contribution is -0.384. The largest absolute Gasteiger partial charge is 0.319 e. The molecule has 0 bridgehead atoms. The van der Waals surface area contributed by atoms with Gasteiger partial charge < -0.3 is 5.32 Å². The fraction of sp³-hybridized carbons (Fsp3) is 0.133. The van der Waals surface area contributed by atoms with Gasteiger partial charge in [-0.25, -0.2) is 0 Å². The standard InChI is InChI=1S/C15H12Br2N2O3S/c1-9-4-2-3-5-13(9)23-8-14(20)18-15-11(17)6-10(16)7-12(15)19(21)22/h2-7H,8H2,1H3,(H,18,20).